The van der Waals surface area contributed by atoms with Crippen LogP contribution in [0.4, 0.5) is 0 Å². The predicted molar refractivity (Wildman–Crippen MR) is 77.8 cm³/mol. The highest BCUT2D eigenvalue weighted by molar-refractivity contribution is 9.11. The van der Waals surface area contributed by atoms with Gasteiger partial charge in [0.2, 0.25) is 0 Å². The van der Waals surface area contributed by atoms with Gasteiger partial charge in [0.05, 0.1) is 9.30 Å². The van der Waals surface area contributed by atoms with Crippen LogP contribution in [0.5, 0.6) is 0 Å². The van der Waals surface area contributed by atoms with Gasteiger partial charge >= 0.3 is 0 Å². The average Bonchev–Trinajstić information content (AvgIpc) is 2.84. The van der Waals surface area contributed by atoms with Crippen LogP contribution in [0.3, 0.4) is 0 Å². The molecule has 2 nitrogen and oxygen atoms in total. The fourth-order valence-corrected chi connectivity index (χ4v) is 3.41. The summed E-state index contributed by atoms with van der Waals surface area (Å²) in [4.78, 5) is 5.28. The summed E-state index contributed by atoms with van der Waals surface area (Å²) in [6, 6.07) is 13.7. The second-order valence-corrected chi connectivity index (χ2v) is 6.46. The number of thiophene rings is 1. The van der Waals surface area contributed by atoms with Crippen molar-refractivity contribution in [2.75, 3.05) is 0 Å². The first-order chi connectivity index (χ1) is 8.75. The molecule has 1 N–H and O–H groups in total. The number of hydrogen-bond donors (Lipinski definition) is 1. The van der Waals surface area contributed by atoms with Gasteiger partial charge in [0.15, 0.2) is 0 Å². The van der Waals surface area contributed by atoms with Crippen molar-refractivity contribution in [3.8, 4) is 0 Å². The molecule has 0 bridgehead atoms. The summed E-state index contributed by atoms with van der Waals surface area (Å²) < 4.78 is 1.02. The number of aliphatic hydroxyl groups is 1. The lowest BCUT2D eigenvalue weighted by Gasteiger charge is -2.11. The van der Waals surface area contributed by atoms with Gasteiger partial charge in [-0.15, -0.1) is 11.3 Å². The van der Waals surface area contributed by atoms with Crippen LogP contribution < -0.4 is 0 Å². The van der Waals surface area contributed by atoms with Crippen molar-refractivity contribution in [1.82, 2.24) is 4.98 Å². The van der Waals surface area contributed by atoms with Crippen molar-refractivity contribution in [3.63, 3.8) is 0 Å². The highest BCUT2D eigenvalue weighted by Gasteiger charge is 2.15. The van der Waals surface area contributed by atoms with E-state index in [0.29, 0.717) is 0 Å². The maximum atomic E-state index is 10.5. The van der Waals surface area contributed by atoms with E-state index in [1.165, 1.54) is 11.3 Å². The van der Waals surface area contributed by atoms with E-state index in [2.05, 4.69) is 20.9 Å². The fraction of sp³-hybridized carbons (Fsp3) is 0.0714. The molecule has 0 aliphatic rings. The first kappa shape index (κ1) is 11.8. The summed E-state index contributed by atoms with van der Waals surface area (Å²) >= 11 is 4.95. The summed E-state index contributed by atoms with van der Waals surface area (Å²) in [6.45, 7) is 0. The van der Waals surface area contributed by atoms with Gasteiger partial charge in [-0.2, -0.15) is 0 Å². The van der Waals surface area contributed by atoms with Crippen molar-refractivity contribution in [1.29, 1.82) is 0 Å². The lowest BCUT2D eigenvalue weighted by Crippen LogP contribution is -1.99. The number of halogens is 1. The van der Waals surface area contributed by atoms with Crippen LogP contribution in [0, 0.1) is 0 Å². The molecule has 0 aliphatic carbocycles. The molecule has 0 aliphatic heterocycles. The van der Waals surface area contributed by atoms with Gasteiger partial charge in [-0.25, -0.2) is 0 Å². The largest absolute Gasteiger partial charge is 0.383 e. The molecule has 0 radical (unpaired) electrons. The van der Waals surface area contributed by atoms with Crippen LogP contribution in [0.25, 0.3) is 10.9 Å². The van der Waals surface area contributed by atoms with Crippen molar-refractivity contribution in [2.24, 2.45) is 0 Å². The summed E-state index contributed by atoms with van der Waals surface area (Å²) in [6.07, 6.45) is 1.13. The summed E-state index contributed by atoms with van der Waals surface area (Å²) in [5, 5.41) is 11.5. The van der Waals surface area contributed by atoms with Gasteiger partial charge in [0.1, 0.15) is 6.10 Å². The molecule has 2 aromatic heterocycles. The van der Waals surface area contributed by atoms with E-state index in [1.807, 2.05) is 42.5 Å². The van der Waals surface area contributed by atoms with Gasteiger partial charge in [-0.1, -0.05) is 24.3 Å². The molecule has 4 heteroatoms. The number of benzene rings is 1. The Morgan fingerprint density at radius 3 is 2.72 bits per heavy atom. The molecule has 18 heavy (non-hydrogen) atoms. The number of rotatable bonds is 2. The van der Waals surface area contributed by atoms with Gasteiger partial charge in [0, 0.05) is 22.0 Å². The zero-order valence-corrected chi connectivity index (χ0v) is 11.8. The zero-order valence-electron chi connectivity index (χ0n) is 9.38. The van der Waals surface area contributed by atoms with Crippen LogP contribution >= 0.6 is 27.3 Å². The Balaban J connectivity index is 2.14. The molecule has 0 spiro atoms. The number of fused-ring (bicyclic) bond motifs is 1. The Hall–Kier alpha value is -1.23. The van der Waals surface area contributed by atoms with Crippen molar-refractivity contribution in [2.45, 2.75) is 6.10 Å². The number of aliphatic hydroxyl groups excluding tert-OH is 1. The molecular formula is C14H10BrNOS. The molecule has 0 amide bonds. The smallest absolute Gasteiger partial charge is 0.115 e. The number of aromatic nitrogens is 1. The van der Waals surface area contributed by atoms with Crippen LogP contribution in [-0.2, 0) is 0 Å². The molecule has 0 fully saturated rings. The molecule has 90 valence electrons. The van der Waals surface area contributed by atoms with E-state index in [4.69, 9.17) is 0 Å². The van der Waals surface area contributed by atoms with E-state index >= 15 is 0 Å². The summed E-state index contributed by atoms with van der Waals surface area (Å²) in [5.41, 5.74) is 1.71. The highest BCUT2D eigenvalue weighted by Crippen LogP contribution is 2.33. The van der Waals surface area contributed by atoms with Crippen LogP contribution in [0.2, 0.25) is 0 Å². The van der Waals surface area contributed by atoms with E-state index < -0.39 is 6.10 Å². The minimum absolute atomic E-state index is 0.625. The maximum Gasteiger partial charge on any atom is 0.115 e. The van der Waals surface area contributed by atoms with E-state index in [9.17, 15) is 5.11 Å². The average molecular weight is 320 g/mol. The SMILES string of the molecule is OC(c1ccc(Br)s1)c1cccc2cccnc12. The van der Waals surface area contributed by atoms with E-state index in [-0.39, 0.29) is 0 Å². The van der Waals surface area contributed by atoms with Crippen molar-refractivity contribution >= 4 is 38.2 Å². The minimum Gasteiger partial charge on any atom is -0.383 e. The van der Waals surface area contributed by atoms with Crippen LogP contribution in [0.1, 0.15) is 16.5 Å². The Labute approximate surface area is 117 Å². The topological polar surface area (TPSA) is 33.1 Å². The lowest BCUT2D eigenvalue weighted by molar-refractivity contribution is 0.225. The van der Waals surface area contributed by atoms with E-state index in [0.717, 1.165) is 25.1 Å². The van der Waals surface area contributed by atoms with Crippen LogP contribution in [0.15, 0.2) is 52.4 Å². The maximum absolute atomic E-state index is 10.5. The Bertz CT molecular complexity index is 690. The minimum atomic E-state index is -0.625. The molecule has 1 aromatic carbocycles. The first-order valence-corrected chi connectivity index (χ1v) is 7.13. The predicted octanol–water partition coefficient (Wildman–Crippen LogP) is 4.14. The number of hydrogen-bond acceptors (Lipinski definition) is 3. The third-order valence-electron chi connectivity index (χ3n) is 2.82. The Morgan fingerprint density at radius 1 is 1.11 bits per heavy atom. The second-order valence-electron chi connectivity index (χ2n) is 3.97. The van der Waals surface area contributed by atoms with Crippen molar-refractivity contribution < 1.29 is 5.11 Å². The lowest BCUT2D eigenvalue weighted by atomic mass is 10.0. The van der Waals surface area contributed by atoms with Gasteiger partial charge in [-0.3, -0.25) is 4.98 Å². The molecular weight excluding hydrogens is 310 g/mol. The summed E-state index contributed by atoms with van der Waals surface area (Å²) in [5.74, 6) is 0. The van der Waals surface area contributed by atoms with Gasteiger partial charge < -0.3 is 5.11 Å². The fourth-order valence-electron chi connectivity index (χ4n) is 1.98. The van der Waals surface area contributed by atoms with Gasteiger partial charge in [-0.05, 0) is 34.1 Å². The zero-order chi connectivity index (χ0) is 12.5. The quantitative estimate of drug-likeness (QED) is 0.770. The summed E-state index contributed by atoms with van der Waals surface area (Å²) in [7, 11) is 0. The van der Waals surface area contributed by atoms with Gasteiger partial charge in [0.25, 0.3) is 0 Å². The third kappa shape index (κ3) is 2.07. The number of pyridine rings is 1. The Kier molecular flexibility index (Phi) is 3.16. The van der Waals surface area contributed by atoms with Crippen molar-refractivity contribution in [3.05, 3.63) is 62.9 Å². The molecule has 0 saturated heterocycles. The monoisotopic (exact) mass is 319 g/mol. The molecule has 3 aromatic rings. The molecule has 1 unspecified atom stereocenters. The first-order valence-electron chi connectivity index (χ1n) is 5.52. The highest BCUT2D eigenvalue weighted by atomic mass is 79.9. The Morgan fingerprint density at radius 2 is 1.94 bits per heavy atom. The number of para-hydroxylation sites is 1. The standard InChI is InChI=1S/C14H10BrNOS/c15-12-7-6-11(18-12)14(17)10-5-1-3-9-4-2-8-16-13(9)10/h1-8,14,17H. The molecule has 0 saturated carbocycles. The van der Waals surface area contributed by atoms with E-state index in [1.54, 1.807) is 6.20 Å². The normalized spacial score (nSPS) is 12.8. The molecule has 3 rings (SSSR count). The third-order valence-corrected chi connectivity index (χ3v) is 4.50. The van der Waals surface area contributed by atoms with Crippen LogP contribution in [-0.4, -0.2) is 10.1 Å². The number of nitrogens with zero attached hydrogens (tertiary/aromatic N) is 1. The second kappa shape index (κ2) is 4.80. The molecule has 1 atom stereocenters. The molecule has 2 heterocycles.